The molecule has 1 heterocycles. The summed E-state index contributed by atoms with van der Waals surface area (Å²) in [6.45, 7) is 0. The largest absolute Gasteiger partial charge is 0.497 e. The Hall–Kier alpha value is -2.89. The molecule has 1 N–H and O–H groups in total. The first-order chi connectivity index (χ1) is 11.1. The number of carbonyl (C=O) groups excluding carboxylic acids is 2. The van der Waals surface area contributed by atoms with Gasteiger partial charge < -0.3 is 10.1 Å². The Morgan fingerprint density at radius 2 is 1.91 bits per heavy atom. The van der Waals surface area contributed by atoms with Gasteiger partial charge >= 0.3 is 6.03 Å². The lowest BCUT2D eigenvalue weighted by Gasteiger charge is -2.14. The third-order valence-corrected chi connectivity index (χ3v) is 3.68. The van der Waals surface area contributed by atoms with Crippen LogP contribution in [-0.4, -0.2) is 25.1 Å². The molecule has 1 atom stereocenters. The van der Waals surface area contributed by atoms with Gasteiger partial charge in [0.25, 0.3) is 5.91 Å². The van der Waals surface area contributed by atoms with E-state index in [0.717, 1.165) is 10.5 Å². The lowest BCUT2D eigenvalue weighted by molar-refractivity contribution is -0.118. The van der Waals surface area contributed by atoms with Crippen LogP contribution in [0.2, 0.25) is 0 Å². The second-order valence-corrected chi connectivity index (χ2v) is 5.21. The quantitative estimate of drug-likeness (QED) is 0.882. The minimum Gasteiger partial charge on any atom is -0.497 e. The smallest absolute Gasteiger partial charge is 0.329 e. The highest BCUT2D eigenvalue weighted by Gasteiger charge is 2.39. The number of methoxy groups -OCH3 is 1. The van der Waals surface area contributed by atoms with Crippen LogP contribution in [0.3, 0.4) is 0 Å². The van der Waals surface area contributed by atoms with Crippen molar-refractivity contribution in [3.8, 4) is 5.75 Å². The Balaban J connectivity index is 1.80. The number of urea groups is 1. The van der Waals surface area contributed by atoms with E-state index in [1.54, 1.807) is 36.4 Å². The predicted molar refractivity (Wildman–Crippen MR) is 82.9 cm³/mol. The van der Waals surface area contributed by atoms with Crippen LogP contribution in [0.15, 0.2) is 48.5 Å². The second kappa shape index (κ2) is 6.08. The van der Waals surface area contributed by atoms with Crippen molar-refractivity contribution in [3.63, 3.8) is 0 Å². The minimum atomic E-state index is -0.667. The van der Waals surface area contributed by atoms with Crippen molar-refractivity contribution in [3.05, 3.63) is 59.9 Å². The number of imide groups is 1. The van der Waals surface area contributed by atoms with Crippen LogP contribution in [0.4, 0.5) is 14.9 Å². The molecular weight excluding hydrogens is 299 g/mol. The number of nitrogens with zero attached hydrogens (tertiary/aromatic N) is 1. The van der Waals surface area contributed by atoms with Crippen LogP contribution in [-0.2, 0) is 11.2 Å². The van der Waals surface area contributed by atoms with E-state index in [-0.39, 0.29) is 11.7 Å². The van der Waals surface area contributed by atoms with Crippen LogP contribution in [0.25, 0.3) is 0 Å². The van der Waals surface area contributed by atoms with Crippen LogP contribution in [0.5, 0.6) is 5.75 Å². The number of amides is 3. The van der Waals surface area contributed by atoms with Crippen molar-refractivity contribution in [1.82, 2.24) is 5.32 Å². The third-order valence-electron chi connectivity index (χ3n) is 3.68. The number of carbonyl (C=O) groups is 2. The van der Waals surface area contributed by atoms with E-state index in [1.807, 2.05) is 0 Å². The third kappa shape index (κ3) is 3.01. The average molecular weight is 314 g/mol. The molecule has 118 valence electrons. The Morgan fingerprint density at radius 1 is 1.17 bits per heavy atom. The molecule has 23 heavy (non-hydrogen) atoms. The summed E-state index contributed by atoms with van der Waals surface area (Å²) in [4.78, 5) is 25.7. The maximum Gasteiger partial charge on any atom is 0.329 e. The molecular formula is C17H15FN2O3. The number of anilines is 1. The van der Waals surface area contributed by atoms with Crippen LogP contribution in [0, 0.1) is 5.82 Å². The first-order valence-electron chi connectivity index (χ1n) is 7.11. The molecule has 0 bridgehead atoms. The average Bonchev–Trinajstić information content (AvgIpc) is 2.83. The molecule has 0 radical (unpaired) electrons. The lowest BCUT2D eigenvalue weighted by atomic mass is 10.1. The van der Waals surface area contributed by atoms with E-state index in [9.17, 15) is 14.0 Å². The van der Waals surface area contributed by atoms with Gasteiger partial charge in [-0.2, -0.15) is 0 Å². The van der Waals surface area contributed by atoms with Gasteiger partial charge in [0.2, 0.25) is 0 Å². The molecule has 0 aliphatic carbocycles. The molecule has 1 aliphatic rings. The highest BCUT2D eigenvalue weighted by molar-refractivity contribution is 6.21. The van der Waals surface area contributed by atoms with E-state index in [0.29, 0.717) is 17.9 Å². The number of hydrogen-bond acceptors (Lipinski definition) is 3. The van der Waals surface area contributed by atoms with E-state index >= 15 is 0 Å². The molecule has 3 amide bonds. The zero-order valence-electron chi connectivity index (χ0n) is 12.5. The molecule has 2 aromatic carbocycles. The van der Waals surface area contributed by atoms with Crippen molar-refractivity contribution in [1.29, 1.82) is 0 Å². The van der Waals surface area contributed by atoms with E-state index in [4.69, 9.17) is 4.74 Å². The summed E-state index contributed by atoms with van der Waals surface area (Å²) < 4.78 is 18.1. The highest BCUT2D eigenvalue weighted by atomic mass is 19.1. The fourth-order valence-corrected chi connectivity index (χ4v) is 2.52. The van der Waals surface area contributed by atoms with Gasteiger partial charge in [-0.1, -0.05) is 18.2 Å². The topological polar surface area (TPSA) is 58.6 Å². The molecule has 1 saturated heterocycles. The van der Waals surface area contributed by atoms with Gasteiger partial charge in [0, 0.05) is 12.5 Å². The van der Waals surface area contributed by atoms with Gasteiger partial charge in [0.1, 0.15) is 17.6 Å². The van der Waals surface area contributed by atoms with Crippen molar-refractivity contribution in [2.45, 2.75) is 12.5 Å². The fourth-order valence-electron chi connectivity index (χ4n) is 2.52. The lowest BCUT2D eigenvalue weighted by Crippen LogP contribution is -2.32. The van der Waals surface area contributed by atoms with E-state index in [1.165, 1.54) is 19.2 Å². The van der Waals surface area contributed by atoms with Crippen molar-refractivity contribution < 1.29 is 18.7 Å². The van der Waals surface area contributed by atoms with Gasteiger partial charge in [0.05, 0.1) is 12.8 Å². The number of hydrogen-bond donors (Lipinski definition) is 1. The van der Waals surface area contributed by atoms with Crippen LogP contribution in [0.1, 0.15) is 5.56 Å². The van der Waals surface area contributed by atoms with Gasteiger partial charge in [0.15, 0.2) is 0 Å². The van der Waals surface area contributed by atoms with Gasteiger partial charge in [-0.25, -0.2) is 14.1 Å². The first-order valence-corrected chi connectivity index (χ1v) is 7.11. The normalized spacial score (nSPS) is 17.3. The molecule has 0 saturated carbocycles. The molecule has 0 spiro atoms. The number of benzene rings is 2. The Labute approximate surface area is 132 Å². The van der Waals surface area contributed by atoms with Crippen LogP contribution >= 0.6 is 0 Å². The Morgan fingerprint density at radius 3 is 2.61 bits per heavy atom. The monoisotopic (exact) mass is 314 g/mol. The Bertz CT molecular complexity index is 746. The number of rotatable bonds is 4. The SMILES string of the molecule is COc1cccc(N2C(=O)NC(Cc3ccc(F)cc3)C2=O)c1. The number of ether oxygens (including phenoxy) is 1. The molecule has 6 heteroatoms. The zero-order valence-corrected chi connectivity index (χ0v) is 12.5. The van der Waals surface area contributed by atoms with Gasteiger partial charge in [-0.3, -0.25) is 4.79 Å². The molecule has 0 aromatic heterocycles. The molecule has 3 rings (SSSR count). The summed E-state index contributed by atoms with van der Waals surface area (Å²) in [6, 6.07) is 11.5. The highest BCUT2D eigenvalue weighted by Crippen LogP contribution is 2.25. The fraction of sp³-hybridized carbons (Fsp3) is 0.176. The predicted octanol–water partition coefficient (Wildman–Crippen LogP) is 2.50. The van der Waals surface area contributed by atoms with Gasteiger partial charge in [-0.05, 0) is 29.8 Å². The second-order valence-electron chi connectivity index (χ2n) is 5.21. The van der Waals surface area contributed by atoms with Crippen molar-refractivity contribution >= 4 is 17.6 Å². The summed E-state index contributed by atoms with van der Waals surface area (Å²) >= 11 is 0. The van der Waals surface area contributed by atoms with E-state index < -0.39 is 12.1 Å². The zero-order chi connectivity index (χ0) is 16.4. The molecule has 2 aromatic rings. The maximum absolute atomic E-state index is 12.9. The molecule has 1 aliphatic heterocycles. The number of nitrogens with one attached hydrogen (secondary N) is 1. The standard InChI is InChI=1S/C17H15FN2O3/c1-23-14-4-2-3-13(10-14)20-16(21)15(19-17(20)22)9-11-5-7-12(18)8-6-11/h2-8,10,15H,9H2,1H3,(H,19,22). The Kier molecular flexibility index (Phi) is 3.97. The number of halogens is 1. The summed E-state index contributed by atoms with van der Waals surface area (Å²) in [6.07, 6.45) is 0.311. The summed E-state index contributed by atoms with van der Waals surface area (Å²) in [5, 5.41) is 2.66. The van der Waals surface area contributed by atoms with Crippen molar-refractivity contribution in [2.75, 3.05) is 12.0 Å². The molecule has 1 fully saturated rings. The summed E-state index contributed by atoms with van der Waals surface area (Å²) in [7, 11) is 1.52. The first kappa shape index (κ1) is 15.0. The molecule has 1 unspecified atom stereocenters. The van der Waals surface area contributed by atoms with E-state index in [2.05, 4.69) is 5.32 Å². The summed E-state index contributed by atoms with van der Waals surface area (Å²) in [5.41, 5.74) is 1.23. The minimum absolute atomic E-state index is 0.311. The van der Waals surface area contributed by atoms with Gasteiger partial charge in [-0.15, -0.1) is 0 Å². The summed E-state index contributed by atoms with van der Waals surface area (Å²) in [5.74, 6) is -0.119. The van der Waals surface area contributed by atoms with Crippen molar-refractivity contribution in [2.24, 2.45) is 0 Å². The molecule has 5 nitrogen and oxygen atoms in total. The maximum atomic E-state index is 12.9. The van der Waals surface area contributed by atoms with Crippen LogP contribution < -0.4 is 15.0 Å².